The second-order valence-corrected chi connectivity index (χ2v) is 4.24. The van der Waals surface area contributed by atoms with E-state index < -0.39 is 0 Å². The predicted octanol–water partition coefficient (Wildman–Crippen LogP) is 3.55. The molecule has 0 aliphatic rings. The van der Waals surface area contributed by atoms with Crippen LogP contribution in [0.5, 0.6) is 5.75 Å². The molecule has 0 amide bonds. The van der Waals surface area contributed by atoms with E-state index >= 15 is 0 Å². The first kappa shape index (κ1) is 15.3. The lowest BCUT2D eigenvalue weighted by atomic mass is 9.98. The molecule has 1 rings (SSSR count). The summed E-state index contributed by atoms with van der Waals surface area (Å²) in [5, 5.41) is 0. The number of hydrogen-bond donors (Lipinski definition) is 1. The molecular weight excluding hydrogens is 222 g/mol. The summed E-state index contributed by atoms with van der Waals surface area (Å²) < 4.78 is 5.38. The van der Waals surface area contributed by atoms with Gasteiger partial charge < -0.3 is 10.5 Å². The lowest BCUT2D eigenvalue weighted by Crippen LogP contribution is -2.12. The Morgan fingerprint density at radius 1 is 1.19 bits per heavy atom. The molecule has 1 aromatic carbocycles. The Hall–Kier alpha value is -0.730. The minimum Gasteiger partial charge on any atom is -0.494 e. The van der Waals surface area contributed by atoms with Crippen LogP contribution in [0.25, 0.3) is 0 Å². The Bertz CT molecular complexity index is 284. The number of benzene rings is 1. The Morgan fingerprint density at radius 2 is 1.75 bits per heavy atom. The predicted molar refractivity (Wildman–Crippen MR) is 71.2 cm³/mol. The summed E-state index contributed by atoms with van der Waals surface area (Å²) in [6.45, 7) is 7.07. The molecule has 0 spiro atoms. The fourth-order valence-corrected chi connectivity index (χ4v) is 1.62. The summed E-state index contributed by atoms with van der Waals surface area (Å²) in [5.74, 6) is 1.55. The van der Waals surface area contributed by atoms with E-state index in [1.807, 2.05) is 19.1 Å². The molecule has 1 aromatic rings. The molecule has 0 unspecified atom stereocenters. The van der Waals surface area contributed by atoms with E-state index in [1.54, 1.807) is 0 Å². The van der Waals surface area contributed by atoms with Crippen molar-refractivity contribution in [2.45, 2.75) is 33.2 Å². The van der Waals surface area contributed by atoms with Crippen molar-refractivity contribution in [2.75, 3.05) is 6.61 Å². The molecule has 3 heteroatoms. The summed E-state index contributed by atoms with van der Waals surface area (Å²) in [7, 11) is 0. The maximum absolute atomic E-state index is 6.08. The van der Waals surface area contributed by atoms with E-state index in [0.717, 1.165) is 12.2 Å². The van der Waals surface area contributed by atoms with Gasteiger partial charge in [0.2, 0.25) is 0 Å². The van der Waals surface area contributed by atoms with Crippen LogP contribution in [0.2, 0.25) is 0 Å². The van der Waals surface area contributed by atoms with Crippen molar-refractivity contribution < 1.29 is 4.74 Å². The normalized spacial score (nSPS) is 12.1. The Kier molecular flexibility index (Phi) is 7.18. The van der Waals surface area contributed by atoms with Crippen LogP contribution in [0.3, 0.4) is 0 Å². The van der Waals surface area contributed by atoms with Gasteiger partial charge in [-0.05, 0) is 37.0 Å². The van der Waals surface area contributed by atoms with Gasteiger partial charge in [0.15, 0.2) is 0 Å². The van der Waals surface area contributed by atoms with E-state index in [4.69, 9.17) is 10.5 Å². The largest absolute Gasteiger partial charge is 0.494 e. The molecule has 1 atom stereocenters. The monoisotopic (exact) mass is 243 g/mol. The molecule has 16 heavy (non-hydrogen) atoms. The lowest BCUT2D eigenvalue weighted by molar-refractivity contribution is 0.340. The molecule has 0 aromatic heterocycles. The van der Waals surface area contributed by atoms with Crippen LogP contribution in [0.1, 0.15) is 38.8 Å². The highest BCUT2D eigenvalue weighted by Gasteiger charge is 2.07. The molecule has 0 bridgehead atoms. The highest BCUT2D eigenvalue weighted by molar-refractivity contribution is 5.85. The van der Waals surface area contributed by atoms with Crippen LogP contribution in [-0.2, 0) is 0 Å². The standard InChI is InChI=1S/C13H21NO.ClH/c1-4-15-12-7-5-11(6-8-12)13(14)9-10(2)3;/h5-8,10,13H,4,9,14H2,1-3H3;1H/t13-;/m1./s1. The van der Waals surface area contributed by atoms with Gasteiger partial charge in [0, 0.05) is 6.04 Å². The Morgan fingerprint density at radius 3 is 2.19 bits per heavy atom. The zero-order chi connectivity index (χ0) is 11.3. The van der Waals surface area contributed by atoms with E-state index in [-0.39, 0.29) is 18.4 Å². The van der Waals surface area contributed by atoms with Crippen molar-refractivity contribution in [3.63, 3.8) is 0 Å². The number of rotatable bonds is 5. The zero-order valence-corrected chi connectivity index (χ0v) is 11.1. The molecule has 2 N–H and O–H groups in total. The maximum Gasteiger partial charge on any atom is 0.119 e. The fourth-order valence-electron chi connectivity index (χ4n) is 1.62. The third kappa shape index (κ3) is 4.86. The second-order valence-electron chi connectivity index (χ2n) is 4.24. The van der Waals surface area contributed by atoms with Crippen LogP contribution < -0.4 is 10.5 Å². The van der Waals surface area contributed by atoms with Crippen LogP contribution in [0, 0.1) is 5.92 Å². The van der Waals surface area contributed by atoms with Gasteiger partial charge in [-0.1, -0.05) is 26.0 Å². The van der Waals surface area contributed by atoms with Crippen molar-refractivity contribution in [1.29, 1.82) is 0 Å². The molecule has 0 aliphatic carbocycles. The summed E-state index contributed by atoms with van der Waals surface area (Å²) in [4.78, 5) is 0. The van der Waals surface area contributed by atoms with Gasteiger partial charge in [0.05, 0.1) is 6.61 Å². The van der Waals surface area contributed by atoms with E-state index in [1.165, 1.54) is 5.56 Å². The lowest BCUT2D eigenvalue weighted by Gasteiger charge is -2.14. The SMILES string of the molecule is CCOc1ccc([C@H](N)CC(C)C)cc1.Cl. The van der Waals surface area contributed by atoms with Crippen molar-refractivity contribution in [3.8, 4) is 5.75 Å². The highest BCUT2D eigenvalue weighted by atomic mass is 35.5. The summed E-state index contributed by atoms with van der Waals surface area (Å²) >= 11 is 0. The van der Waals surface area contributed by atoms with Crippen molar-refractivity contribution in [3.05, 3.63) is 29.8 Å². The zero-order valence-electron chi connectivity index (χ0n) is 10.3. The molecule has 92 valence electrons. The van der Waals surface area contributed by atoms with Crippen LogP contribution in [0.4, 0.5) is 0 Å². The minimum atomic E-state index is 0. The van der Waals surface area contributed by atoms with Gasteiger partial charge in [0.25, 0.3) is 0 Å². The molecule has 0 aliphatic heterocycles. The van der Waals surface area contributed by atoms with Crippen molar-refractivity contribution >= 4 is 12.4 Å². The van der Waals surface area contributed by atoms with E-state index in [0.29, 0.717) is 12.5 Å². The summed E-state index contributed by atoms with van der Waals surface area (Å²) in [5.41, 5.74) is 7.27. The molecule has 0 saturated heterocycles. The van der Waals surface area contributed by atoms with Gasteiger partial charge in [0.1, 0.15) is 5.75 Å². The molecule has 0 heterocycles. The topological polar surface area (TPSA) is 35.2 Å². The van der Waals surface area contributed by atoms with Crippen molar-refractivity contribution in [1.82, 2.24) is 0 Å². The third-order valence-electron chi connectivity index (χ3n) is 2.34. The molecule has 2 nitrogen and oxygen atoms in total. The quantitative estimate of drug-likeness (QED) is 0.859. The number of nitrogens with two attached hydrogens (primary N) is 1. The van der Waals surface area contributed by atoms with E-state index in [9.17, 15) is 0 Å². The molecule has 0 radical (unpaired) electrons. The second kappa shape index (κ2) is 7.53. The first-order chi connectivity index (χ1) is 7.13. The minimum absolute atomic E-state index is 0. The number of hydrogen-bond acceptors (Lipinski definition) is 2. The van der Waals surface area contributed by atoms with Gasteiger partial charge in [-0.2, -0.15) is 0 Å². The highest BCUT2D eigenvalue weighted by Crippen LogP contribution is 2.21. The number of ether oxygens (including phenoxy) is 1. The van der Waals surface area contributed by atoms with Crippen LogP contribution >= 0.6 is 12.4 Å². The Balaban J connectivity index is 0.00000225. The fraction of sp³-hybridized carbons (Fsp3) is 0.538. The molecule has 0 saturated carbocycles. The van der Waals surface area contributed by atoms with E-state index in [2.05, 4.69) is 26.0 Å². The summed E-state index contributed by atoms with van der Waals surface area (Å²) in [6, 6.07) is 8.22. The average Bonchev–Trinajstić information content (AvgIpc) is 2.18. The average molecular weight is 244 g/mol. The number of halogens is 1. The third-order valence-corrected chi connectivity index (χ3v) is 2.34. The van der Waals surface area contributed by atoms with Crippen LogP contribution in [0.15, 0.2) is 24.3 Å². The van der Waals surface area contributed by atoms with Crippen molar-refractivity contribution in [2.24, 2.45) is 11.7 Å². The Labute approximate surface area is 105 Å². The first-order valence-electron chi connectivity index (χ1n) is 5.61. The van der Waals surface area contributed by atoms with Gasteiger partial charge >= 0.3 is 0 Å². The first-order valence-corrected chi connectivity index (χ1v) is 5.61. The van der Waals surface area contributed by atoms with Crippen LogP contribution in [-0.4, -0.2) is 6.61 Å². The smallest absolute Gasteiger partial charge is 0.119 e. The maximum atomic E-state index is 6.08. The van der Waals surface area contributed by atoms with Gasteiger partial charge in [-0.15, -0.1) is 12.4 Å². The van der Waals surface area contributed by atoms with Gasteiger partial charge in [-0.25, -0.2) is 0 Å². The van der Waals surface area contributed by atoms with Gasteiger partial charge in [-0.3, -0.25) is 0 Å². The molecule has 0 fully saturated rings. The summed E-state index contributed by atoms with van der Waals surface area (Å²) in [6.07, 6.45) is 1.02. The molecular formula is C13H22ClNO.